The minimum absolute atomic E-state index is 0.0529. The number of rotatable bonds is 3. The van der Waals surface area contributed by atoms with E-state index in [2.05, 4.69) is 18.8 Å². The molecule has 0 saturated heterocycles. The molecule has 2 saturated carbocycles. The van der Waals surface area contributed by atoms with Crippen LogP contribution in [-0.4, -0.2) is 12.7 Å². The fourth-order valence-electron chi connectivity index (χ4n) is 5.14. The summed E-state index contributed by atoms with van der Waals surface area (Å²) in [6.45, 7) is 2.87. The molecule has 0 amide bonds. The normalized spacial score (nSPS) is 25.9. The van der Waals surface area contributed by atoms with Crippen LogP contribution < -0.4 is 0 Å². The lowest BCUT2D eigenvalue weighted by Crippen LogP contribution is -2.33. The molecule has 0 aromatic heterocycles. The van der Waals surface area contributed by atoms with Crippen LogP contribution in [0.3, 0.4) is 0 Å². The van der Waals surface area contributed by atoms with E-state index in [1.165, 1.54) is 31.4 Å². The Bertz CT molecular complexity index is 961. The molecule has 0 aliphatic heterocycles. The maximum atomic E-state index is 14.7. The van der Waals surface area contributed by atoms with Crippen LogP contribution in [0.4, 0.5) is 8.78 Å². The van der Waals surface area contributed by atoms with E-state index in [9.17, 15) is 8.78 Å². The first-order valence-corrected chi connectivity index (χ1v) is 11.3. The molecule has 2 aromatic rings. The monoisotopic (exact) mass is 428 g/mol. The molecule has 0 N–H and O–H groups in total. The van der Waals surface area contributed by atoms with Gasteiger partial charge < -0.3 is 4.74 Å². The molecule has 2 aliphatic carbocycles. The van der Waals surface area contributed by atoms with Gasteiger partial charge >= 0.3 is 0 Å². The Morgan fingerprint density at radius 2 is 1.73 bits per heavy atom. The molecule has 0 spiro atoms. The van der Waals surface area contributed by atoms with Crippen molar-refractivity contribution in [3.8, 4) is 11.8 Å². The van der Waals surface area contributed by atoms with Gasteiger partial charge in [0.1, 0.15) is 11.6 Å². The molecular formula is C26H27ClF2O. The van der Waals surface area contributed by atoms with Crippen LogP contribution in [0, 0.1) is 35.3 Å². The van der Waals surface area contributed by atoms with E-state index in [-0.39, 0.29) is 10.8 Å². The van der Waals surface area contributed by atoms with E-state index in [1.807, 2.05) is 6.07 Å². The smallest absolute Gasteiger partial charge is 0.143 e. The highest BCUT2D eigenvalue weighted by atomic mass is 35.5. The molecule has 2 aromatic carbocycles. The van der Waals surface area contributed by atoms with Gasteiger partial charge in [-0.25, -0.2) is 8.78 Å². The molecule has 0 heterocycles. The summed E-state index contributed by atoms with van der Waals surface area (Å²) >= 11 is 5.69. The average Bonchev–Trinajstić information content (AvgIpc) is 2.75. The summed E-state index contributed by atoms with van der Waals surface area (Å²) < 4.78 is 34.1. The summed E-state index contributed by atoms with van der Waals surface area (Å²) in [5.41, 5.74) is 1.88. The second kappa shape index (κ2) is 9.50. The van der Waals surface area contributed by atoms with Crippen molar-refractivity contribution in [2.45, 2.75) is 57.5 Å². The van der Waals surface area contributed by atoms with Gasteiger partial charge in [-0.2, -0.15) is 0 Å². The first-order valence-electron chi connectivity index (χ1n) is 10.9. The van der Waals surface area contributed by atoms with Crippen molar-refractivity contribution in [1.29, 1.82) is 0 Å². The summed E-state index contributed by atoms with van der Waals surface area (Å²) in [6.07, 6.45) is 7.42. The minimum Gasteiger partial charge on any atom is -0.378 e. The van der Waals surface area contributed by atoms with Crippen LogP contribution in [0.1, 0.15) is 68.1 Å². The molecule has 4 unspecified atom stereocenters. The number of fused-ring (bicyclic) bond motifs is 1. The largest absolute Gasteiger partial charge is 0.378 e. The Labute approximate surface area is 182 Å². The maximum Gasteiger partial charge on any atom is 0.143 e. The van der Waals surface area contributed by atoms with Crippen molar-refractivity contribution in [2.24, 2.45) is 11.8 Å². The molecule has 4 rings (SSSR count). The topological polar surface area (TPSA) is 9.23 Å². The van der Waals surface area contributed by atoms with Crippen LogP contribution >= 0.6 is 11.6 Å². The highest BCUT2D eigenvalue weighted by Crippen LogP contribution is 2.46. The fraction of sp³-hybridized carbons (Fsp3) is 0.462. The SMILES string of the molecule is CCOC1CCC2CC(c3ccc(C#Cc4ccc(Cl)c(F)c4)c(F)c3)CCC2C1. The van der Waals surface area contributed by atoms with Gasteiger partial charge in [0.15, 0.2) is 0 Å². The lowest BCUT2D eigenvalue weighted by atomic mass is 9.65. The summed E-state index contributed by atoms with van der Waals surface area (Å²) in [5, 5.41) is 0.0529. The van der Waals surface area contributed by atoms with E-state index in [4.69, 9.17) is 16.3 Å². The van der Waals surface area contributed by atoms with Crippen molar-refractivity contribution < 1.29 is 13.5 Å². The minimum atomic E-state index is -0.523. The van der Waals surface area contributed by atoms with Crippen LogP contribution in [0.15, 0.2) is 36.4 Å². The van der Waals surface area contributed by atoms with Crippen LogP contribution in [0.5, 0.6) is 0 Å². The molecule has 4 heteroatoms. The molecular weight excluding hydrogens is 402 g/mol. The van der Waals surface area contributed by atoms with Crippen molar-refractivity contribution in [2.75, 3.05) is 6.61 Å². The summed E-state index contributed by atoms with van der Waals surface area (Å²) in [4.78, 5) is 0. The van der Waals surface area contributed by atoms with Gasteiger partial charge in [0.25, 0.3) is 0 Å². The number of ether oxygens (including phenoxy) is 1. The zero-order valence-electron chi connectivity index (χ0n) is 17.3. The van der Waals surface area contributed by atoms with E-state index in [0.29, 0.717) is 23.1 Å². The van der Waals surface area contributed by atoms with E-state index >= 15 is 0 Å². The first kappa shape index (κ1) is 21.3. The number of hydrogen-bond acceptors (Lipinski definition) is 1. The molecule has 30 heavy (non-hydrogen) atoms. The standard InChI is InChI=1S/C26H27ClF2O/c1-2-30-23-11-10-20-14-19(8-9-21(20)15-23)22-7-6-18(25(28)16-22)5-3-17-4-12-24(27)26(29)13-17/h4,6-7,12-13,16,19-21,23H,2,8-11,14-15H2,1H3. The Morgan fingerprint density at radius 3 is 2.50 bits per heavy atom. The van der Waals surface area contributed by atoms with Crippen LogP contribution in [0.2, 0.25) is 5.02 Å². The Hall–Kier alpha value is -1.89. The highest BCUT2D eigenvalue weighted by Gasteiger charge is 2.36. The Balaban J connectivity index is 1.43. The van der Waals surface area contributed by atoms with Crippen molar-refractivity contribution >= 4 is 11.6 Å². The predicted octanol–water partition coefficient (Wildman–Crippen LogP) is 7.11. The molecule has 2 fully saturated rings. The van der Waals surface area contributed by atoms with Gasteiger partial charge in [-0.05, 0) is 99.1 Å². The number of hydrogen-bond donors (Lipinski definition) is 0. The second-order valence-electron chi connectivity index (χ2n) is 8.54. The maximum absolute atomic E-state index is 14.7. The van der Waals surface area contributed by atoms with E-state index in [0.717, 1.165) is 43.3 Å². The van der Waals surface area contributed by atoms with E-state index in [1.54, 1.807) is 18.2 Å². The third kappa shape index (κ3) is 4.88. The fourth-order valence-corrected chi connectivity index (χ4v) is 5.25. The summed E-state index contributed by atoms with van der Waals surface area (Å²) in [6, 6.07) is 9.75. The highest BCUT2D eigenvalue weighted by molar-refractivity contribution is 6.30. The third-order valence-corrected chi connectivity index (χ3v) is 7.00. The molecule has 4 atom stereocenters. The van der Waals surface area contributed by atoms with Gasteiger partial charge in [-0.15, -0.1) is 0 Å². The van der Waals surface area contributed by atoms with Gasteiger partial charge in [-0.3, -0.25) is 0 Å². The molecule has 1 nitrogen and oxygen atoms in total. The first-order chi connectivity index (χ1) is 14.5. The summed E-state index contributed by atoms with van der Waals surface area (Å²) in [7, 11) is 0. The molecule has 0 bridgehead atoms. The Kier molecular flexibility index (Phi) is 6.76. The predicted molar refractivity (Wildman–Crippen MR) is 117 cm³/mol. The average molecular weight is 429 g/mol. The zero-order valence-corrected chi connectivity index (χ0v) is 18.0. The number of halogens is 3. The van der Waals surface area contributed by atoms with Crippen molar-refractivity contribution in [3.05, 3.63) is 69.7 Å². The van der Waals surface area contributed by atoms with E-state index < -0.39 is 5.82 Å². The van der Waals surface area contributed by atoms with Crippen molar-refractivity contribution in [3.63, 3.8) is 0 Å². The second-order valence-corrected chi connectivity index (χ2v) is 8.95. The van der Waals surface area contributed by atoms with Gasteiger partial charge in [-0.1, -0.05) is 29.5 Å². The van der Waals surface area contributed by atoms with Crippen LogP contribution in [-0.2, 0) is 4.74 Å². The summed E-state index contributed by atoms with van der Waals surface area (Å²) in [5.74, 6) is 6.70. The number of benzene rings is 2. The molecule has 0 radical (unpaired) electrons. The van der Waals surface area contributed by atoms with Crippen LogP contribution in [0.25, 0.3) is 0 Å². The van der Waals surface area contributed by atoms with Gasteiger partial charge in [0, 0.05) is 12.2 Å². The lowest BCUT2D eigenvalue weighted by Gasteiger charge is -2.42. The lowest BCUT2D eigenvalue weighted by molar-refractivity contribution is -0.00956. The van der Waals surface area contributed by atoms with Crippen molar-refractivity contribution in [1.82, 2.24) is 0 Å². The Morgan fingerprint density at radius 1 is 0.933 bits per heavy atom. The molecule has 158 valence electrons. The van der Waals surface area contributed by atoms with Gasteiger partial charge in [0.2, 0.25) is 0 Å². The molecule has 2 aliphatic rings. The third-order valence-electron chi connectivity index (χ3n) is 6.69. The van der Waals surface area contributed by atoms with Gasteiger partial charge in [0.05, 0.1) is 16.7 Å². The quantitative estimate of drug-likeness (QED) is 0.473. The zero-order chi connectivity index (χ0) is 21.1.